The lowest BCUT2D eigenvalue weighted by molar-refractivity contribution is 0.211. The van der Waals surface area contributed by atoms with Crippen molar-refractivity contribution in [1.29, 1.82) is 0 Å². The van der Waals surface area contributed by atoms with Gasteiger partial charge in [0.15, 0.2) is 0 Å². The zero-order chi connectivity index (χ0) is 81.4. The predicted octanol–water partition coefficient (Wildman–Crippen LogP) is 30.4. The number of nitrogens with zero attached hydrogens (tertiary/aromatic N) is 1. The van der Waals surface area contributed by atoms with E-state index in [2.05, 4.69) is 36.4 Å². The van der Waals surface area contributed by atoms with Gasteiger partial charge in [-0.2, -0.15) is 0 Å². The number of allylic oxidation sites excluding steroid dienone is 97. The number of para-hydroxylation sites is 1. The standard InChI is InChI=1S/C113H110N2O/c114-111-104-98-103-110-109-102-97-92-90-88-86-84-82-80-78-76-74-72-70-68-66-64-62-60-58-56-54-52-50-48-46-44-42-40-38-36-34-32-30-28-26-24-22-20-18-16-14-12-10-8-6-4-2-1-3-5-7-9-11-13-15-17-19-21-23-25-27-29-31-33-35-37-39-41-43-45-47-49-51-53-55-57-59-61-63-65-67-69-71-73-75-77-79-81-83-85-87-89-91-96-101-108(105-112(109)115-113(110)111)116-106-107-99-94-93-95-100-107/h1-90,92-105H,91,106,114H2. The van der Waals surface area contributed by atoms with Gasteiger partial charge in [0, 0.05) is 17.2 Å². The second-order valence-corrected chi connectivity index (χ2v) is 23.5. The van der Waals surface area contributed by atoms with Crippen LogP contribution < -0.4 is 5.73 Å². The molecular formula is C113H110N2O. The molecule has 578 valence electrons. The summed E-state index contributed by atoms with van der Waals surface area (Å²) in [5.74, 6) is 0.693. The maximum absolute atomic E-state index is 6.46. The summed E-state index contributed by atoms with van der Waals surface area (Å²) in [7, 11) is 0. The van der Waals surface area contributed by atoms with E-state index in [9.17, 15) is 0 Å². The molecule has 3 nitrogen and oxygen atoms in total. The van der Waals surface area contributed by atoms with Gasteiger partial charge in [-0.1, -0.05) is 614 Å². The van der Waals surface area contributed by atoms with E-state index < -0.39 is 0 Å². The first-order valence-electron chi connectivity index (χ1n) is 38.7. The average molecular weight is 1510 g/mol. The van der Waals surface area contributed by atoms with Crippen molar-refractivity contribution in [3.05, 3.63) is 649 Å². The molecule has 0 aromatic heterocycles. The average Bonchev–Trinajstić information content (AvgIpc) is 1.64. The molecule has 2 aliphatic rings. The maximum Gasteiger partial charge on any atom is 0.121 e. The van der Waals surface area contributed by atoms with Crippen molar-refractivity contribution in [2.75, 3.05) is 5.73 Å². The highest BCUT2D eigenvalue weighted by Gasteiger charge is 2.21. The normalized spacial score (nSPS) is 15.9. The monoisotopic (exact) mass is 1510 g/mol. The molecule has 1 aliphatic heterocycles. The Morgan fingerprint density at radius 1 is 0.224 bits per heavy atom. The Kier molecular flexibility index (Phi) is 60.7. The van der Waals surface area contributed by atoms with Crippen LogP contribution in [-0.4, -0.2) is 5.71 Å². The Morgan fingerprint density at radius 2 is 0.440 bits per heavy atom. The highest BCUT2D eigenvalue weighted by molar-refractivity contribution is 6.34. The van der Waals surface area contributed by atoms with Gasteiger partial charge in [0.2, 0.25) is 0 Å². The van der Waals surface area contributed by atoms with E-state index in [1.54, 1.807) is 0 Å². The van der Waals surface area contributed by atoms with Crippen LogP contribution in [0.5, 0.6) is 0 Å². The zero-order valence-electron chi connectivity index (χ0n) is 66.4. The number of ether oxygens (including phenoxy) is 1. The zero-order valence-corrected chi connectivity index (χ0v) is 66.4. The molecule has 0 unspecified atom stereocenters. The summed E-state index contributed by atoms with van der Waals surface area (Å²) in [4.78, 5) is 5.00. The first kappa shape index (κ1) is 93.4. The molecule has 0 bridgehead atoms. The summed E-state index contributed by atoms with van der Waals surface area (Å²) in [5.41, 5.74) is 11.6. The Hall–Kier alpha value is -15.0. The number of hydrogen-bond acceptors (Lipinski definition) is 3. The third kappa shape index (κ3) is 58.9. The summed E-state index contributed by atoms with van der Waals surface area (Å²) in [6.45, 7) is 0.416. The minimum Gasteiger partial charge on any atom is -0.489 e. The molecule has 2 aromatic rings. The molecule has 4 rings (SSSR count). The quantitative estimate of drug-likeness (QED) is 0.311. The summed E-state index contributed by atoms with van der Waals surface area (Å²) >= 11 is 0. The summed E-state index contributed by atoms with van der Waals surface area (Å²) in [6.07, 6.45) is 193. The van der Waals surface area contributed by atoms with Gasteiger partial charge in [0.25, 0.3) is 0 Å². The van der Waals surface area contributed by atoms with Crippen LogP contribution in [0.1, 0.15) is 17.5 Å². The van der Waals surface area contributed by atoms with Crippen LogP contribution in [0.3, 0.4) is 0 Å². The second-order valence-electron chi connectivity index (χ2n) is 23.5. The molecule has 0 spiro atoms. The van der Waals surface area contributed by atoms with Gasteiger partial charge in [-0.25, -0.2) is 4.99 Å². The van der Waals surface area contributed by atoms with E-state index in [0.717, 1.165) is 28.1 Å². The number of fused-ring (bicyclic) bond motifs is 3. The van der Waals surface area contributed by atoms with Gasteiger partial charge in [-0.3, -0.25) is 0 Å². The number of hydrogen-bond donors (Lipinski definition) is 1. The minimum atomic E-state index is 0.416. The van der Waals surface area contributed by atoms with Gasteiger partial charge in [0.05, 0.1) is 17.1 Å². The van der Waals surface area contributed by atoms with Crippen molar-refractivity contribution in [2.45, 2.75) is 13.0 Å². The van der Waals surface area contributed by atoms with Crippen LogP contribution in [0.25, 0.3) is 5.57 Å². The van der Waals surface area contributed by atoms with Gasteiger partial charge >= 0.3 is 0 Å². The third-order valence-electron chi connectivity index (χ3n) is 14.3. The first-order chi connectivity index (χ1) is 57.8. The molecule has 3 heteroatoms. The van der Waals surface area contributed by atoms with E-state index in [4.69, 9.17) is 15.5 Å². The van der Waals surface area contributed by atoms with Gasteiger partial charge in [-0.05, 0) is 24.1 Å². The van der Waals surface area contributed by atoms with Gasteiger partial charge in [0.1, 0.15) is 12.4 Å². The van der Waals surface area contributed by atoms with Crippen LogP contribution >= 0.6 is 0 Å². The van der Waals surface area contributed by atoms with Crippen LogP contribution in [0.2, 0.25) is 0 Å². The van der Waals surface area contributed by atoms with E-state index in [1.165, 1.54) is 0 Å². The topological polar surface area (TPSA) is 47.6 Å². The molecule has 1 heterocycles. The number of nitrogen functional groups attached to an aromatic ring is 1. The molecule has 116 heavy (non-hydrogen) atoms. The molecule has 1 aliphatic carbocycles. The van der Waals surface area contributed by atoms with Crippen LogP contribution in [0.15, 0.2) is 643 Å². The van der Waals surface area contributed by atoms with Crippen LogP contribution in [0, 0.1) is 0 Å². The molecule has 0 radical (unpaired) electrons. The van der Waals surface area contributed by atoms with E-state index in [0.29, 0.717) is 24.5 Å². The Morgan fingerprint density at radius 3 is 0.672 bits per heavy atom. The third-order valence-corrected chi connectivity index (χ3v) is 14.3. The Bertz CT molecular complexity index is 4810. The number of nitrogens with two attached hydrogens (primary N) is 1. The number of anilines is 1. The van der Waals surface area contributed by atoms with E-state index in [-0.39, 0.29) is 0 Å². The van der Waals surface area contributed by atoms with Crippen LogP contribution in [-0.2, 0) is 11.3 Å². The molecule has 0 saturated heterocycles. The second kappa shape index (κ2) is 75.4. The van der Waals surface area contributed by atoms with E-state index in [1.807, 2.05) is 595 Å². The SMILES string of the molecule is Nc1cccc2c1N=C1C=C(OCc3ccccc3)C=CCC=CC=CC=CC=CC=CC=CC=CC=CC=CC=CC=CC=CC=CC=CC=CC=CC=CC=CC=CC=CC=CC=CC=CC=CC=CC=CC=CC=CC=CC=CC=CC=CC=CC=CC=CC=CC=CC=CC=CC=CC=CC=CC=CC=CC=CC=CC=C12. The summed E-state index contributed by atoms with van der Waals surface area (Å²) in [6, 6.07) is 16.0. The Balaban J connectivity index is 1.28. The van der Waals surface area contributed by atoms with Crippen molar-refractivity contribution in [1.82, 2.24) is 0 Å². The highest BCUT2D eigenvalue weighted by atomic mass is 16.5. The molecule has 0 fully saturated rings. The summed E-state index contributed by atoms with van der Waals surface area (Å²) < 4.78 is 6.42. The smallest absolute Gasteiger partial charge is 0.121 e. The fourth-order valence-electron chi connectivity index (χ4n) is 8.80. The lowest BCUT2D eigenvalue weighted by Crippen LogP contribution is -1.98. The molecule has 0 saturated carbocycles. The number of benzene rings is 2. The van der Waals surface area contributed by atoms with Crippen molar-refractivity contribution in [3.63, 3.8) is 0 Å². The number of rotatable bonds is 3. The molecule has 0 atom stereocenters. The largest absolute Gasteiger partial charge is 0.489 e. The number of aliphatic imine (C=N–C) groups is 1. The predicted molar refractivity (Wildman–Crippen MR) is 519 cm³/mol. The molecular weight excluding hydrogens is 1400 g/mol. The van der Waals surface area contributed by atoms with Crippen molar-refractivity contribution in [3.8, 4) is 0 Å². The van der Waals surface area contributed by atoms with Crippen molar-refractivity contribution >= 4 is 22.7 Å². The maximum atomic E-state index is 6.46. The molecule has 2 N–H and O–H groups in total. The highest BCUT2D eigenvalue weighted by Crippen LogP contribution is 2.40. The fourth-order valence-corrected chi connectivity index (χ4v) is 8.80. The first-order valence-corrected chi connectivity index (χ1v) is 38.7. The Labute approximate surface area is 695 Å². The lowest BCUT2D eigenvalue weighted by atomic mass is 10.0. The van der Waals surface area contributed by atoms with E-state index >= 15 is 0 Å². The van der Waals surface area contributed by atoms with Gasteiger partial charge < -0.3 is 10.5 Å². The minimum absolute atomic E-state index is 0.416. The summed E-state index contributed by atoms with van der Waals surface area (Å²) in [5, 5.41) is 0. The fraction of sp³-hybridized carbons (Fsp3) is 0.0177. The lowest BCUT2D eigenvalue weighted by Gasteiger charge is -2.08. The molecule has 2 aromatic carbocycles. The van der Waals surface area contributed by atoms with Crippen molar-refractivity contribution < 1.29 is 4.74 Å². The molecule has 0 amide bonds. The van der Waals surface area contributed by atoms with Crippen molar-refractivity contribution in [2.24, 2.45) is 4.99 Å². The van der Waals surface area contributed by atoms with Gasteiger partial charge in [-0.15, -0.1) is 0 Å². The van der Waals surface area contributed by atoms with Crippen LogP contribution in [0.4, 0.5) is 11.4 Å².